The molecule has 0 radical (unpaired) electrons. The van der Waals surface area contributed by atoms with Crippen LogP contribution < -0.4 is 11.1 Å². The van der Waals surface area contributed by atoms with Gasteiger partial charge in [-0.1, -0.05) is 0 Å². The molecule has 1 aromatic rings. The van der Waals surface area contributed by atoms with Gasteiger partial charge in [-0.05, 0) is 38.0 Å². The summed E-state index contributed by atoms with van der Waals surface area (Å²) in [5.41, 5.74) is 5.44. The molecule has 1 atom stereocenters. The lowest BCUT2D eigenvalue weighted by molar-refractivity contribution is -0.133. The van der Waals surface area contributed by atoms with E-state index in [9.17, 15) is 9.18 Å². The Labute approximate surface area is 98.9 Å². The molecule has 0 aromatic heterocycles. The van der Waals surface area contributed by atoms with E-state index in [2.05, 4.69) is 5.32 Å². The smallest absolute Gasteiger partial charge is 0.256 e. The Balaban J connectivity index is 2.15. The summed E-state index contributed by atoms with van der Waals surface area (Å²) >= 11 is 0. The lowest BCUT2D eigenvalue weighted by atomic mass is 10.0. The summed E-state index contributed by atoms with van der Waals surface area (Å²) in [5.74, 6) is -0.723. The lowest BCUT2D eigenvalue weighted by Gasteiger charge is -2.22. The van der Waals surface area contributed by atoms with Gasteiger partial charge < -0.3 is 15.8 Å². The van der Waals surface area contributed by atoms with Crippen LogP contribution in [0.5, 0.6) is 0 Å². The summed E-state index contributed by atoms with van der Waals surface area (Å²) in [5, 5.41) is 2.60. The number of halogens is 1. The van der Waals surface area contributed by atoms with Gasteiger partial charge in [0.05, 0.1) is 11.4 Å². The zero-order valence-electron chi connectivity index (χ0n) is 9.63. The Bertz CT molecular complexity index is 442. The van der Waals surface area contributed by atoms with E-state index in [-0.39, 0.29) is 11.6 Å². The van der Waals surface area contributed by atoms with Crippen molar-refractivity contribution in [2.75, 3.05) is 17.7 Å². The first-order chi connectivity index (χ1) is 8.01. The molecule has 17 heavy (non-hydrogen) atoms. The summed E-state index contributed by atoms with van der Waals surface area (Å²) in [6.45, 7) is 2.30. The molecule has 1 heterocycles. The molecule has 1 amide bonds. The highest BCUT2D eigenvalue weighted by Gasteiger charge is 2.37. The molecule has 1 fully saturated rings. The standard InChI is InChI=1S/C12H15FN2O2/c1-12(5-2-6-17-12)11(16)15-10-7-8(13)3-4-9(10)14/h3-4,7H,2,5-6,14H2,1H3,(H,15,16). The fraction of sp³-hybridized carbons (Fsp3) is 0.417. The van der Waals surface area contributed by atoms with Crippen molar-refractivity contribution < 1.29 is 13.9 Å². The highest BCUT2D eigenvalue weighted by molar-refractivity contribution is 5.99. The Morgan fingerprint density at radius 3 is 3.00 bits per heavy atom. The molecular formula is C12H15FN2O2. The molecular weight excluding hydrogens is 223 g/mol. The number of anilines is 2. The number of ether oxygens (including phenoxy) is 1. The maximum atomic E-state index is 13.0. The van der Waals surface area contributed by atoms with Gasteiger partial charge in [0.25, 0.3) is 5.91 Å². The molecule has 0 spiro atoms. The van der Waals surface area contributed by atoms with Crippen LogP contribution in [0.4, 0.5) is 15.8 Å². The van der Waals surface area contributed by atoms with Crippen molar-refractivity contribution in [2.45, 2.75) is 25.4 Å². The van der Waals surface area contributed by atoms with E-state index in [1.807, 2.05) is 0 Å². The number of amides is 1. The number of nitrogens with one attached hydrogen (secondary N) is 1. The van der Waals surface area contributed by atoms with Crippen LogP contribution in [0.3, 0.4) is 0 Å². The van der Waals surface area contributed by atoms with Crippen LogP contribution in [0.25, 0.3) is 0 Å². The number of nitrogens with two attached hydrogens (primary N) is 1. The van der Waals surface area contributed by atoms with Crippen molar-refractivity contribution in [3.8, 4) is 0 Å². The number of benzene rings is 1. The first-order valence-electron chi connectivity index (χ1n) is 5.52. The molecule has 1 aromatic carbocycles. The molecule has 92 valence electrons. The van der Waals surface area contributed by atoms with Crippen molar-refractivity contribution in [1.29, 1.82) is 0 Å². The van der Waals surface area contributed by atoms with Crippen LogP contribution in [0.2, 0.25) is 0 Å². The third-order valence-electron chi connectivity index (χ3n) is 2.96. The van der Waals surface area contributed by atoms with Gasteiger partial charge in [-0.2, -0.15) is 0 Å². The summed E-state index contributed by atoms with van der Waals surface area (Å²) in [7, 11) is 0. The SMILES string of the molecule is CC1(C(=O)Nc2cc(F)ccc2N)CCCO1. The number of carbonyl (C=O) groups is 1. The van der Waals surface area contributed by atoms with Crippen LogP contribution in [-0.2, 0) is 9.53 Å². The van der Waals surface area contributed by atoms with E-state index in [0.717, 1.165) is 6.42 Å². The van der Waals surface area contributed by atoms with Gasteiger partial charge in [0.2, 0.25) is 0 Å². The molecule has 4 nitrogen and oxygen atoms in total. The Kier molecular flexibility index (Phi) is 3.02. The second-order valence-electron chi connectivity index (χ2n) is 4.37. The summed E-state index contributed by atoms with van der Waals surface area (Å²) in [6.07, 6.45) is 1.51. The molecule has 1 aliphatic heterocycles. The molecule has 0 bridgehead atoms. The van der Waals surface area contributed by atoms with Crippen molar-refractivity contribution in [2.24, 2.45) is 0 Å². The lowest BCUT2D eigenvalue weighted by Crippen LogP contribution is -2.39. The normalized spacial score (nSPS) is 23.6. The van der Waals surface area contributed by atoms with Gasteiger partial charge >= 0.3 is 0 Å². The van der Waals surface area contributed by atoms with Crippen molar-refractivity contribution in [3.05, 3.63) is 24.0 Å². The Hall–Kier alpha value is -1.62. The zero-order valence-corrected chi connectivity index (χ0v) is 9.63. The topological polar surface area (TPSA) is 64.4 Å². The maximum absolute atomic E-state index is 13.0. The summed E-state index contributed by atoms with van der Waals surface area (Å²) in [6, 6.07) is 3.87. The predicted octanol–water partition coefficient (Wildman–Crippen LogP) is 1.92. The molecule has 5 heteroatoms. The quantitative estimate of drug-likeness (QED) is 0.773. The van der Waals surface area contributed by atoms with Crippen molar-refractivity contribution in [1.82, 2.24) is 0 Å². The number of nitrogen functional groups attached to an aromatic ring is 1. The average Bonchev–Trinajstić information content (AvgIpc) is 2.72. The minimum absolute atomic E-state index is 0.284. The van der Waals surface area contributed by atoms with E-state index in [1.54, 1.807) is 6.92 Å². The molecule has 1 unspecified atom stereocenters. The first-order valence-corrected chi connectivity index (χ1v) is 5.52. The fourth-order valence-corrected chi connectivity index (χ4v) is 1.85. The molecule has 3 N–H and O–H groups in total. The second kappa shape index (κ2) is 4.33. The average molecular weight is 238 g/mol. The van der Waals surface area contributed by atoms with Crippen LogP contribution >= 0.6 is 0 Å². The fourth-order valence-electron chi connectivity index (χ4n) is 1.85. The van der Waals surface area contributed by atoms with Crippen molar-refractivity contribution >= 4 is 17.3 Å². The molecule has 0 saturated carbocycles. The largest absolute Gasteiger partial charge is 0.397 e. The number of carbonyl (C=O) groups excluding carboxylic acids is 1. The zero-order chi connectivity index (χ0) is 12.5. The van der Waals surface area contributed by atoms with Gasteiger partial charge in [-0.15, -0.1) is 0 Å². The maximum Gasteiger partial charge on any atom is 0.256 e. The van der Waals surface area contributed by atoms with Crippen LogP contribution in [-0.4, -0.2) is 18.1 Å². The van der Waals surface area contributed by atoms with E-state index in [0.29, 0.717) is 18.7 Å². The van der Waals surface area contributed by atoms with E-state index in [4.69, 9.17) is 10.5 Å². The highest BCUT2D eigenvalue weighted by Crippen LogP contribution is 2.28. The number of hydrogen-bond donors (Lipinski definition) is 2. The van der Waals surface area contributed by atoms with Crippen LogP contribution in [0.1, 0.15) is 19.8 Å². The monoisotopic (exact) mass is 238 g/mol. The van der Waals surface area contributed by atoms with E-state index >= 15 is 0 Å². The predicted molar refractivity (Wildman–Crippen MR) is 63.0 cm³/mol. The van der Waals surface area contributed by atoms with Crippen molar-refractivity contribution in [3.63, 3.8) is 0 Å². The number of hydrogen-bond acceptors (Lipinski definition) is 3. The number of rotatable bonds is 2. The van der Waals surface area contributed by atoms with E-state index in [1.165, 1.54) is 18.2 Å². The second-order valence-corrected chi connectivity index (χ2v) is 4.37. The third-order valence-corrected chi connectivity index (χ3v) is 2.96. The summed E-state index contributed by atoms with van der Waals surface area (Å²) in [4.78, 5) is 12.0. The molecule has 2 rings (SSSR count). The first kappa shape index (κ1) is 11.9. The molecule has 1 aliphatic rings. The van der Waals surface area contributed by atoms with E-state index < -0.39 is 11.4 Å². The van der Waals surface area contributed by atoms with Gasteiger partial charge in [-0.3, -0.25) is 4.79 Å². The Morgan fingerprint density at radius 2 is 2.35 bits per heavy atom. The Morgan fingerprint density at radius 1 is 1.59 bits per heavy atom. The molecule has 0 aliphatic carbocycles. The van der Waals surface area contributed by atoms with Gasteiger partial charge in [0, 0.05) is 6.61 Å². The van der Waals surface area contributed by atoms with Crippen LogP contribution in [0, 0.1) is 5.82 Å². The molecule has 1 saturated heterocycles. The highest BCUT2D eigenvalue weighted by atomic mass is 19.1. The van der Waals surface area contributed by atoms with Gasteiger partial charge in [0.15, 0.2) is 0 Å². The van der Waals surface area contributed by atoms with Gasteiger partial charge in [-0.25, -0.2) is 4.39 Å². The van der Waals surface area contributed by atoms with Crippen LogP contribution in [0.15, 0.2) is 18.2 Å². The minimum Gasteiger partial charge on any atom is -0.397 e. The summed E-state index contributed by atoms with van der Waals surface area (Å²) < 4.78 is 18.4. The van der Waals surface area contributed by atoms with Gasteiger partial charge in [0.1, 0.15) is 11.4 Å². The third kappa shape index (κ3) is 2.39. The minimum atomic E-state index is -0.835.